The predicted octanol–water partition coefficient (Wildman–Crippen LogP) is 2.76. The Morgan fingerprint density at radius 1 is 1.25 bits per heavy atom. The molecule has 0 aromatic heterocycles. The zero-order valence-corrected chi connectivity index (χ0v) is 13.8. The largest absolute Gasteiger partial charge is 0.508 e. The lowest BCUT2D eigenvalue weighted by molar-refractivity contribution is -0.116. The van der Waals surface area contributed by atoms with Crippen LogP contribution in [-0.4, -0.2) is 31.5 Å². The van der Waals surface area contributed by atoms with Crippen molar-refractivity contribution in [3.05, 3.63) is 53.3 Å². The molecule has 0 aliphatic heterocycles. The Kier molecular flexibility index (Phi) is 5.39. The van der Waals surface area contributed by atoms with Crippen molar-refractivity contribution in [3.63, 3.8) is 0 Å². The summed E-state index contributed by atoms with van der Waals surface area (Å²) in [7, 11) is -4.70. The average Bonchev–Trinajstić information content (AvgIpc) is 2.50. The number of phenolic OH excluding ortho intramolecular Hbond substituents is 1. The second-order valence-electron chi connectivity index (χ2n) is 5.37. The van der Waals surface area contributed by atoms with Crippen LogP contribution in [0.5, 0.6) is 5.75 Å². The smallest absolute Gasteiger partial charge is 0.448 e. The molecule has 0 saturated heterocycles. The zero-order chi connectivity index (χ0) is 17.9. The molecule has 0 amide bonds. The number of hydrogen-bond donors (Lipinski definition) is 4. The number of phenols is 1. The molecule has 1 unspecified atom stereocenters. The highest BCUT2D eigenvalue weighted by atomic mass is 31.2. The molecule has 1 aliphatic carbocycles. The Hall–Kier alpha value is -2.21. The molecule has 1 atom stereocenters. The maximum Gasteiger partial charge on any atom is 0.448 e. The lowest BCUT2D eigenvalue weighted by Gasteiger charge is -2.19. The Bertz CT molecular complexity index is 772. The minimum Gasteiger partial charge on any atom is -0.508 e. The first-order chi connectivity index (χ1) is 11.2. The number of aromatic hydroxyl groups is 1. The quantitative estimate of drug-likeness (QED) is 0.604. The van der Waals surface area contributed by atoms with Crippen LogP contribution in [0.1, 0.15) is 31.2 Å². The van der Waals surface area contributed by atoms with E-state index < -0.39 is 19.4 Å². The molecule has 0 heterocycles. The number of aliphatic hydroxyl groups is 1. The highest BCUT2D eigenvalue weighted by Gasteiger charge is 2.28. The number of allylic oxidation sites excluding steroid dienone is 3. The highest BCUT2D eigenvalue weighted by Crippen LogP contribution is 2.39. The lowest BCUT2D eigenvalue weighted by Crippen LogP contribution is -2.22. The molecule has 1 aromatic rings. The van der Waals surface area contributed by atoms with Gasteiger partial charge in [-0.1, -0.05) is 19.1 Å². The second-order valence-corrected chi connectivity index (χ2v) is 6.59. The maximum atomic E-state index is 12.9. The second kappa shape index (κ2) is 7.13. The molecule has 128 valence electrons. The summed E-state index contributed by atoms with van der Waals surface area (Å²) < 4.78 is 14.5. The van der Waals surface area contributed by atoms with Crippen molar-refractivity contribution in [3.8, 4) is 5.75 Å². The van der Waals surface area contributed by atoms with Crippen LogP contribution < -0.4 is 0 Å². The van der Waals surface area contributed by atoms with Gasteiger partial charge in [-0.25, -0.2) is 4.57 Å². The van der Waals surface area contributed by atoms with Crippen molar-refractivity contribution < 1.29 is 29.4 Å². The molecule has 0 bridgehead atoms. The number of rotatable bonds is 5. The summed E-state index contributed by atoms with van der Waals surface area (Å²) in [6, 6.07) is 6.14. The molecule has 0 fully saturated rings. The third-order valence-electron chi connectivity index (χ3n) is 3.64. The molecule has 0 radical (unpaired) electrons. The van der Waals surface area contributed by atoms with Gasteiger partial charge in [0.05, 0.1) is 5.71 Å². The number of ketones is 1. The molecule has 8 heteroatoms. The predicted molar refractivity (Wildman–Crippen MR) is 89.0 cm³/mol. The van der Waals surface area contributed by atoms with E-state index in [-0.39, 0.29) is 29.2 Å². The van der Waals surface area contributed by atoms with Crippen molar-refractivity contribution in [1.29, 1.82) is 0 Å². The Morgan fingerprint density at radius 3 is 2.42 bits per heavy atom. The van der Waals surface area contributed by atoms with E-state index in [4.69, 9.17) is 9.79 Å². The van der Waals surface area contributed by atoms with Crippen LogP contribution in [0.4, 0.5) is 0 Å². The van der Waals surface area contributed by atoms with Crippen molar-refractivity contribution in [2.24, 2.45) is 4.76 Å². The summed E-state index contributed by atoms with van der Waals surface area (Å²) in [5.41, 5.74) is 0.590. The van der Waals surface area contributed by atoms with Gasteiger partial charge in [-0.05, 0) is 36.3 Å². The molecule has 1 aromatic carbocycles. The van der Waals surface area contributed by atoms with Gasteiger partial charge in [-0.3, -0.25) is 4.79 Å². The van der Waals surface area contributed by atoms with Crippen LogP contribution in [0.15, 0.2) is 52.5 Å². The van der Waals surface area contributed by atoms with Gasteiger partial charge in [-0.15, -0.1) is 0 Å². The molecule has 0 saturated carbocycles. The van der Waals surface area contributed by atoms with Crippen LogP contribution in [0.3, 0.4) is 0 Å². The van der Waals surface area contributed by atoms with E-state index in [1.807, 2.05) is 0 Å². The van der Waals surface area contributed by atoms with Crippen LogP contribution in [0.25, 0.3) is 0 Å². The summed E-state index contributed by atoms with van der Waals surface area (Å²) in [6.07, 6.45) is 2.89. The Morgan fingerprint density at radius 2 is 1.88 bits per heavy atom. The van der Waals surface area contributed by atoms with Gasteiger partial charge >= 0.3 is 7.75 Å². The SMILES string of the molecule is CCC(C(=O)C1=CC(O)=CCC1=NP(=O)(O)O)c1ccc(O)cc1. The van der Waals surface area contributed by atoms with Gasteiger partial charge in [0.1, 0.15) is 11.5 Å². The number of nitrogens with zero attached hydrogens (tertiary/aromatic N) is 1. The van der Waals surface area contributed by atoms with E-state index in [2.05, 4.69) is 4.76 Å². The van der Waals surface area contributed by atoms with Crippen molar-refractivity contribution in [2.75, 3.05) is 0 Å². The van der Waals surface area contributed by atoms with Gasteiger partial charge in [0.15, 0.2) is 5.78 Å². The van der Waals surface area contributed by atoms with E-state index in [1.54, 1.807) is 19.1 Å². The monoisotopic (exact) mass is 351 g/mol. The Balaban J connectivity index is 2.43. The fourth-order valence-corrected chi connectivity index (χ4v) is 3.04. The van der Waals surface area contributed by atoms with Crippen molar-refractivity contribution >= 4 is 19.2 Å². The first-order valence-electron chi connectivity index (χ1n) is 7.30. The van der Waals surface area contributed by atoms with Gasteiger partial charge in [0.2, 0.25) is 0 Å². The molecule has 7 nitrogen and oxygen atoms in total. The number of Topliss-reactive ketones (excluding diaryl/α,β-unsaturated/α-hetero) is 1. The Labute approximate surface area is 138 Å². The molecule has 1 aliphatic rings. The molecular formula is C16H18NO6P. The summed E-state index contributed by atoms with van der Waals surface area (Å²) in [5, 5.41) is 19.0. The number of carbonyl (C=O) groups is 1. The van der Waals surface area contributed by atoms with E-state index in [0.717, 1.165) is 0 Å². The molecule has 2 rings (SSSR count). The minimum absolute atomic E-state index is 0.0155. The highest BCUT2D eigenvalue weighted by molar-refractivity contribution is 7.50. The molecule has 24 heavy (non-hydrogen) atoms. The van der Waals surface area contributed by atoms with E-state index in [1.165, 1.54) is 24.3 Å². The third-order valence-corrected chi connectivity index (χ3v) is 4.15. The minimum atomic E-state index is -4.70. The van der Waals surface area contributed by atoms with Gasteiger partial charge < -0.3 is 20.0 Å². The van der Waals surface area contributed by atoms with Crippen LogP contribution in [0.2, 0.25) is 0 Å². The number of aliphatic hydroxyl groups excluding tert-OH is 1. The molecule has 4 N–H and O–H groups in total. The van der Waals surface area contributed by atoms with E-state index >= 15 is 0 Å². The lowest BCUT2D eigenvalue weighted by atomic mass is 9.85. The summed E-state index contributed by atoms with van der Waals surface area (Å²) in [4.78, 5) is 31.0. The third kappa shape index (κ3) is 4.41. The molecular weight excluding hydrogens is 333 g/mol. The summed E-state index contributed by atoms with van der Waals surface area (Å²) >= 11 is 0. The van der Waals surface area contributed by atoms with E-state index in [0.29, 0.717) is 12.0 Å². The van der Waals surface area contributed by atoms with Crippen LogP contribution in [0, 0.1) is 0 Å². The van der Waals surface area contributed by atoms with Crippen LogP contribution in [-0.2, 0) is 9.36 Å². The number of hydrogen-bond acceptors (Lipinski definition) is 4. The van der Waals surface area contributed by atoms with Gasteiger partial charge in [0, 0.05) is 17.9 Å². The van der Waals surface area contributed by atoms with E-state index in [9.17, 15) is 19.6 Å². The summed E-state index contributed by atoms with van der Waals surface area (Å²) in [5.74, 6) is -1.05. The summed E-state index contributed by atoms with van der Waals surface area (Å²) in [6.45, 7) is 1.80. The van der Waals surface area contributed by atoms with Crippen molar-refractivity contribution in [1.82, 2.24) is 0 Å². The number of benzene rings is 1. The average molecular weight is 351 g/mol. The van der Waals surface area contributed by atoms with Gasteiger partial charge in [0.25, 0.3) is 0 Å². The fourth-order valence-electron chi connectivity index (χ4n) is 2.53. The number of carbonyl (C=O) groups excluding carboxylic acids is 1. The molecule has 0 spiro atoms. The van der Waals surface area contributed by atoms with Gasteiger partial charge in [-0.2, -0.15) is 4.76 Å². The van der Waals surface area contributed by atoms with Crippen molar-refractivity contribution in [2.45, 2.75) is 25.7 Å². The zero-order valence-electron chi connectivity index (χ0n) is 13.0. The fraction of sp³-hybridized carbons (Fsp3) is 0.250. The first-order valence-corrected chi connectivity index (χ1v) is 8.86. The van der Waals surface area contributed by atoms with Crippen LogP contribution >= 0.6 is 7.75 Å². The standard InChI is InChI=1S/C16H18NO6P/c1-2-13(10-3-5-11(18)6-4-10)16(20)14-9-12(19)7-8-15(14)17-24(21,22)23/h3-7,9,13,18-19H,2,8H2,1H3,(H2,21,22,23). The normalized spacial score (nSPS) is 18.0. The topological polar surface area (TPSA) is 127 Å². The maximum absolute atomic E-state index is 12.9. The first kappa shape index (κ1) is 18.1.